The van der Waals surface area contributed by atoms with E-state index in [-0.39, 0.29) is 5.97 Å². The van der Waals surface area contributed by atoms with Gasteiger partial charge in [0.15, 0.2) is 0 Å². The summed E-state index contributed by atoms with van der Waals surface area (Å²) in [5, 5.41) is 6.50. The molecular formula is C20H20N4O4S. The van der Waals surface area contributed by atoms with E-state index in [0.717, 1.165) is 5.56 Å². The number of carbonyl (C=O) groups excluding carboxylic acids is 1. The highest BCUT2D eigenvalue weighted by molar-refractivity contribution is 7.14. The predicted molar refractivity (Wildman–Crippen MR) is 113 cm³/mol. The average molecular weight is 412 g/mol. The monoisotopic (exact) mass is 412 g/mol. The number of esters is 1. The van der Waals surface area contributed by atoms with Crippen molar-refractivity contribution in [3.05, 3.63) is 65.0 Å². The third kappa shape index (κ3) is 6.22. The van der Waals surface area contributed by atoms with Crippen LogP contribution in [0.25, 0.3) is 0 Å². The van der Waals surface area contributed by atoms with Gasteiger partial charge < -0.3 is 19.9 Å². The zero-order chi connectivity index (χ0) is 20.5. The minimum Gasteiger partial charge on any atom is -0.490 e. The number of anilines is 2. The van der Waals surface area contributed by atoms with Gasteiger partial charge in [0.05, 0.1) is 18.9 Å². The van der Waals surface area contributed by atoms with Gasteiger partial charge in [-0.15, -0.1) is 11.3 Å². The Balaban J connectivity index is 1.43. The number of nitrogens with one attached hydrogen (secondary N) is 1. The molecule has 9 heteroatoms. The zero-order valence-electron chi connectivity index (χ0n) is 15.7. The SMILES string of the molecule is COC(=O)c1ccc(OCCOc2cccc(C=NNc3nc(N)cs3)c2)cc1. The van der Waals surface area contributed by atoms with Gasteiger partial charge in [0.2, 0.25) is 5.13 Å². The highest BCUT2D eigenvalue weighted by Gasteiger charge is 2.04. The van der Waals surface area contributed by atoms with Crippen molar-refractivity contribution in [2.24, 2.45) is 5.10 Å². The lowest BCUT2D eigenvalue weighted by Gasteiger charge is -2.09. The number of carbonyl (C=O) groups is 1. The largest absolute Gasteiger partial charge is 0.490 e. The number of hydrogen-bond acceptors (Lipinski definition) is 9. The Morgan fingerprint density at radius 3 is 2.62 bits per heavy atom. The Bertz CT molecular complexity index is 973. The molecule has 150 valence electrons. The summed E-state index contributed by atoms with van der Waals surface area (Å²) in [5.41, 5.74) is 9.74. The fraction of sp³-hybridized carbons (Fsp3) is 0.150. The van der Waals surface area contributed by atoms with Gasteiger partial charge in [-0.25, -0.2) is 9.78 Å². The summed E-state index contributed by atoms with van der Waals surface area (Å²) in [6.07, 6.45) is 1.67. The summed E-state index contributed by atoms with van der Waals surface area (Å²) in [5.74, 6) is 1.44. The van der Waals surface area contributed by atoms with Crippen molar-refractivity contribution >= 4 is 34.5 Å². The molecule has 0 aliphatic rings. The molecule has 1 aromatic heterocycles. The average Bonchev–Trinajstić information content (AvgIpc) is 3.16. The quantitative estimate of drug-likeness (QED) is 0.240. The third-order valence-electron chi connectivity index (χ3n) is 3.65. The van der Waals surface area contributed by atoms with E-state index >= 15 is 0 Å². The lowest BCUT2D eigenvalue weighted by molar-refractivity contribution is 0.0600. The number of hydrogen-bond donors (Lipinski definition) is 2. The number of methoxy groups -OCH3 is 1. The molecule has 3 N–H and O–H groups in total. The second-order valence-electron chi connectivity index (χ2n) is 5.73. The normalized spacial score (nSPS) is 10.7. The molecule has 0 saturated heterocycles. The second kappa shape index (κ2) is 10.1. The first kappa shape index (κ1) is 20.2. The number of benzene rings is 2. The molecule has 0 atom stereocenters. The molecule has 0 radical (unpaired) electrons. The van der Waals surface area contributed by atoms with E-state index in [2.05, 4.69) is 20.2 Å². The van der Waals surface area contributed by atoms with Crippen molar-refractivity contribution in [2.75, 3.05) is 31.5 Å². The third-order valence-corrected chi connectivity index (χ3v) is 4.42. The van der Waals surface area contributed by atoms with E-state index in [1.54, 1.807) is 35.9 Å². The number of aromatic nitrogens is 1. The summed E-state index contributed by atoms with van der Waals surface area (Å²) in [6.45, 7) is 0.735. The fourth-order valence-corrected chi connectivity index (χ4v) is 2.86. The van der Waals surface area contributed by atoms with Crippen LogP contribution in [0, 0.1) is 0 Å². The molecular weight excluding hydrogens is 392 g/mol. The summed E-state index contributed by atoms with van der Waals surface area (Å²) in [7, 11) is 1.35. The maximum atomic E-state index is 11.4. The van der Waals surface area contributed by atoms with Crippen LogP contribution in [0.3, 0.4) is 0 Å². The molecule has 8 nitrogen and oxygen atoms in total. The van der Waals surface area contributed by atoms with Crippen LogP contribution in [0.15, 0.2) is 59.0 Å². The summed E-state index contributed by atoms with van der Waals surface area (Å²) < 4.78 is 16.0. The van der Waals surface area contributed by atoms with Crippen LogP contribution in [-0.4, -0.2) is 37.5 Å². The highest BCUT2D eigenvalue weighted by atomic mass is 32.1. The van der Waals surface area contributed by atoms with Crippen molar-refractivity contribution in [3.8, 4) is 11.5 Å². The number of nitrogens with zero attached hydrogens (tertiary/aromatic N) is 2. The maximum absolute atomic E-state index is 11.4. The molecule has 3 aromatic rings. The number of rotatable bonds is 9. The Labute approximate surface area is 171 Å². The van der Waals surface area contributed by atoms with E-state index in [0.29, 0.717) is 41.2 Å². The molecule has 0 bridgehead atoms. The molecule has 0 fully saturated rings. The molecule has 2 aromatic carbocycles. The van der Waals surface area contributed by atoms with Crippen LogP contribution in [0.5, 0.6) is 11.5 Å². The van der Waals surface area contributed by atoms with Crippen LogP contribution < -0.4 is 20.6 Å². The van der Waals surface area contributed by atoms with Gasteiger partial charge in [-0.1, -0.05) is 12.1 Å². The fourth-order valence-electron chi connectivity index (χ4n) is 2.31. The smallest absolute Gasteiger partial charge is 0.337 e. The molecule has 0 unspecified atom stereocenters. The Hall–Kier alpha value is -3.59. The topological polar surface area (TPSA) is 108 Å². The van der Waals surface area contributed by atoms with E-state index in [1.165, 1.54) is 18.4 Å². The standard InChI is InChI=1S/C20H20N4O4S/c1-26-19(25)15-5-7-16(8-6-15)27-9-10-28-17-4-2-3-14(11-17)12-22-24-20-23-18(21)13-29-20/h2-8,11-13H,9-10,21H2,1H3,(H,23,24). The van der Waals surface area contributed by atoms with Crippen molar-refractivity contribution in [1.29, 1.82) is 0 Å². The molecule has 0 aliphatic heterocycles. The minimum absolute atomic E-state index is 0.364. The number of thiazole rings is 1. The van der Waals surface area contributed by atoms with Crippen molar-refractivity contribution < 1.29 is 19.0 Å². The van der Waals surface area contributed by atoms with Crippen LogP contribution >= 0.6 is 11.3 Å². The van der Waals surface area contributed by atoms with Crippen molar-refractivity contribution in [3.63, 3.8) is 0 Å². The number of nitrogen functional groups attached to an aromatic ring is 1. The van der Waals surface area contributed by atoms with Gasteiger partial charge in [0.1, 0.15) is 30.5 Å². The van der Waals surface area contributed by atoms with Crippen LogP contribution in [0.1, 0.15) is 15.9 Å². The van der Waals surface area contributed by atoms with Gasteiger partial charge in [-0.2, -0.15) is 5.10 Å². The lowest BCUT2D eigenvalue weighted by atomic mass is 10.2. The van der Waals surface area contributed by atoms with Crippen LogP contribution in [0.4, 0.5) is 10.9 Å². The van der Waals surface area contributed by atoms with E-state index in [4.69, 9.17) is 15.2 Å². The van der Waals surface area contributed by atoms with E-state index in [9.17, 15) is 4.79 Å². The van der Waals surface area contributed by atoms with Crippen molar-refractivity contribution in [2.45, 2.75) is 0 Å². The zero-order valence-corrected chi connectivity index (χ0v) is 16.5. The minimum atomic E-state index is -0.380. The molecule has 0 amide bonds. The second-order valence-corrected chi connectivity index (χ2v) is 6.59. The molecule has 0 aliphatic carbocycles. The van der Waals surface area contributed by atoms with E-state index in [1.807, 2.05) is 24.3 Å². The summed E-state index contributed by atoms with van der Waals surface area (Å²) in [4.78, 5) is 15.5. The molecule has 0 spiro atoms. The van der Waals surface area contributed by atoms with Gasteiger partial charge in [-0.3, -0.25) is 5.43 Å². The number of hydrazone groups is 1. The van der Waals surface area contributed by atoms with Gasteiger partial charge in [0.25, 0.3) is 0 Å². The predicted octanol–water partition coefficient (Wildman–Crippen LogP) is 3.42. The first-order valence-corrected chi connectivity index (χ1v) is 9.56. The number of ether oxygens (including phenoxy) is 3. The van der Waals surface area contributed by atoms with Gasteiger partial charge in [0, 0.05) is 5.38 Å². The first-order valence-electron chi connectivity index (χ1n) is 8.68. The van der Waals surface area contributed by atoms with Crippen LogP contribution in [-0.2, 0) is 4.74 Å². The lowest BCUT2D eigenvalue weighted by Crippen LogP contribution is -2.09. The van der Waals surface area contributed by atoms with Gasteiger partial charge >= 0.3 is 5.97 Å². The summed E-state index contributed by atoms with van der Waals surface area (Å²) >= 11 is 1.38. The van der Waals surface area contributed by atoms with Gasteiger partial charge in [-0.05, 0) is 42.0 Å². The summed E-state index contributed by atoms with van der Waals surface area (Å²) in [6, 6.07) is 14.2. The Kier molecular flexibility index (Phi) is 7.01. The number of nitrogens with two attached hydrogens (primary N) is 1. The Morgan fingerprint density at radius 1 is 1.17 bits per heavy atom. The highest BCUT2D eigenvalue weighted by Crippen LogP contribution is 2.17. The van der Waals surface area contributed by atoms with E-state index < -0.39 is 0 Å². The molecule has 1 heterocycles. The van der Waals surface area contributed by atoms with Crippen molar-refractivity contribution in [1.82, 2.24) is 4.98 Å². The maximum Gasteiger partial charge on any atom is 0.337 e. The first-order chi connectivity index (χ1) is 14.1. The molecule has 0 saturated carbocycles. The molecule has 29 heavy (non-hydrogen) atoms. The van der Waals surface area contributed by atoms with Crippen LogP contribution in [0.2, 0.25) is 0 Å². The Morgan fingerprint density at radius 2 is 1.93 bits per heavy atom. The molecule has 3 rings (SSSR count).